The Morgan fingerprint density at radius 3 is 1.59 bits per heavy atom. The van der Waals surface area contributed by atoms with Gasteiger partial charge in [0.25, 0.3) is 0 Å². The van der Waals surface area contributed by atoms with E-state index in [2.05, 4.69) is 92.1 Å². The molecule has 0 rings (SSSR count). The van der Waals surface area contributed by atoms with Gasteiger partial charge in [0.2, 0.25) is 5.91 Å². The van der Waals surface area contributed by atoms with Gasteiger partial charge in [0, 0.05) is 6.42 Å². The number of amides is 1. The topological polar surface area (TPSA) is 105 Å². The van der Waals surface area contributed by atoms with E-state index in [0.29, 0.717) is 17.4 Å². The number of phosphoric acid groups is 1. The van der Waals surface area contributed by atoms with Gasteiger partial charge in [-0.1, -0.05) is 170 Å². The molecule has 1 amide bonds. The molecule has 0 saturated heterocycles. The van der Waals surface area contributed by atoms with Crippen LogP contribution in [-0.4, -0.2) is 73.4 Å². The predicted octanol–water partition coefficient (Wildman–Crippen LogP) is 13.0. The van der Waals surface area contributed by atoms with Gasteiger partial charge in [-0.05, 0) is 77.0 Å². The van der Waals surface area contributed by atoms with Crippen LogP contribution in [0.25, 0.3) is 0 Å². The molecule has 0 spiro atoms. The van der Waals surface area contributed by atoms with Crippen LogP contribution >= 0.6 is 7.82 Å². The average molecular weight is 832 g/mol. The van der Waals surface area contributed by atoms with E-state index in [-0.39, 0.29) is 19.1 Å². The standard InChI is InChI=1S/C49H87N2O6P/c1-6-8-10-12-14-16-18-20-21-22-23-24-25-26-27-28-29-31-33-35-37-39-41-43-49(53)50-47(46-57-58(54,55)56-45-44-51(3,4)5)48(52)42-40-38-36-34-32-30-19-17-15-13-11-9-7-2/h8,10,14,16,20-21,23-24,26-27,32,34,40,42,47-48,52H,6-7,9,11-13,15,17-19,22,25,28-31,33,35-39,41,43-46H2,1-5H3,(H-,50,53,54,55)/p+1/b10-8-,16-14-,21-20-,24-23-,27-26-,34-32+,42-40+. The highest BCUT2D eigenvalue weighted by Crippen LogP contribution is 2.43. The first-order valence-corrected chi connectivity index (χ1v) is 24.5. The lowest BCUT2D eigenvalue weighted by Gasteiger charge is -2.25. The third kappa shape index (κ3) is 41.8. The van der Waals surface area contributed by atoms with Crippen LogP contribution in [0.4, 0.5) is 0 Å². The molecule has 0 aliphatic heterocycles. The van der Waals surface area contributed by atoms with Crippen molar-refractivity contribution in [2.45, 2.75) is 180 Å². The molecule has 0 aromatic carbocycles. The number of carbonyl (C=O) groups is 1. The molecule has 0 fully saturated rings. The lowest BCUT2D eigenvalue weighted by molar-refractivity contribution is -0.870. The zero-order chi connectivity index (χ0) is 42.8. The molecular weight excluding hydrogens is 744 g/mol. The Balaban J connectivity index is 4.42. The zero-order valence-electron chi connectivity index (χ0n) is 37.8. The molecule has 0 aliphatic carbocycles. The zero-order valence-corrected chi connectivity index (χ0v) is 38.6. The summed E-state index contributed by atoms with van der Waals surface area (Å²) in [5.74, 6) is -0.204. The molecule has 0 bridgehead atoms. The van der Waals surface area contributed by atoms with Crippen LogP contribution in [0.3, 0.4) is 0 Å². The van der Waals surface area contributed by atoms with Crippen molar-refractivity contribution in [3.63, 3.8) is 0 Å². The second kappa shape index (κ2) is 40.1. The maximum atomic E-state index is 12.9. The van der Waals surface area contributed by atoms with Crippen LogP contribution in [-0.2, 0) is 18.4 Å². The van der Waals surface area contributed by atoms with E-state index in [1.54, 1.807) is 6.08 Å². The molecule has 3 unspecified atom stereocenters. The molecule has 58 heavy (non-hydrogen) atoms. The number of likely N-dealkylation sites (N-methyl/N-ethyl adjacent to an activating group) is 1. The predicted molar refractivity (Wildman–Crippen MR) is 249 cm³/mol. The van der Waals surface area contributed by atoms with Gasteiger partial charge in [0.15, 0.2) is 0 Å². The number of rotatable bonds is 40. The first-order valence-electron chi connectivity index (χ1n) is 23.0. The van der Waals surface area contributed by atoms with Crippen LogP contribution in [0.1, 0.15) is 168 Å². The van der Waals surface area contributed by atoms with Crippen molar-refractivity contribution >= 4 is 13.7 Å². The second-order valence-corrected chi connectivity index (χ2v) is 17.8. The summed E-state index contributed by atoms with van der Waals surface area (Å²) in [6.45, 7) is 4.63. The highest BCUT2D eigenvalue weighted by molar-refractivity contribution is 7.47. The molecule has 334 valence electrons. The quantitative estimate of drug-likeness (QED) is 0.0246. The van der Waals surface area contributed by atoms with Gasteiger partial charge >= 0.3 is 7.82 Å². The van der Waals surface area contributed by atoms with E-state index >= 15 is 0 Å². The fourth-order valence-electron chi connectivity index (χ4n) is 5.96. The molecule has 8 nitrogen and oxygen atoms in total. The Morgan fingerprint density at radius 2 is 1.05 bits per heavy atom. The summed E-state index contributed by atoms with van der Waals surface area (Å²) >= 11 is 0. The van der Waals surface area contributed by atoms with E-state index in [4.69, 9.17) is 9.05 Å². The van der Waals surface area contributed by atoms with Crippen molar-refractivity contribution in [3.05, 3.63) is 85.1 Å². The smallest absolute Gasteiger partial charge is 0.387 e. The van der Waals surface area contributed by atoms with E-state index in [0.717, 1.165) is 83.5 Å². The summed E-state index contributed by atoms with van der Waals surface area (Å²) in [6.07, 6.45) is 55.1. The fourth-order valence-corrected chi connectivity index (χ4v) is 6.70. The van der Waals surface area contributed by atoms with Crippen molar-refractivity contribution in [2.75, 3.05) is 40.9 Å². The Bertz CT molecular complexity index is 1220. The van der Waals surface area contributed by atoms with E-state index in [1.165, 1.54) is 64.2 Å². The van der Waals surface area contributed by atoms with Crippen molar-refractivity contribution < 1.29 is 32.9 Å². The summed E-state index contributed by atoms with van der Waals surface area (Å²) in [7, 11) is 1.53. The minimum Gasteiger partial charge on any atom is -0.387 e. The molecular formula is C49H88N2O6P+. The molecule has 3 atom stereocenters. The number of allylic oxidation sites excluding steroid dienone is 13. The van der Waals surface area contributed by atoms with Gasteiger partial charge in [0.1, 0.15) is 13.2 Å². The van der Waals surface area contributed by atoms with Gasteiger partial charge in [-0.3, -0.25) is 13.8 Å². The van der Waals surface area contributed by atoms with E-state index in [9.17, 15) is 19.4 Å². The van der Waals surface area contributed by atoms with Crippen LogP contribution in [0, 0.1) is 0 Å². The van der Waals surface area contributed by atoms with Crippen LogP contribution in [0.15, 0.2) is 85.1 Å². The highest BCUT2D eigenvalue weighted by atomic mass is 31.2. The van der Waals surface area contributed by atoms with E-state index in [1.807, 2.05) is 27.2 Å². The Labute approximate surface area is 356 Å². The van der Waals surface area contributed by atoms with Crippen molar-refractivity contribution in [1.82, 2.24) is 5.32 Å². The summed E-state index contributed by atoms with van der Waals surface area (Å²) in [6, 6.07) is -0.873. The number of nitrogens with one attached hydrogen (secondary N) is 1. The number of hydrogen-bond acceptors (Lipinski definition) is 5. The van der Waals surface area contributed by atoms with Crippen LogP contribution < -0.4 is 5.32 Å². The van der Waals surface area contributed by atoms with Gasteiger partial charge < -0.3 is 19.8 Å². The molecule has 0 radical (unpaired) electrons. The molecule has 3 N–H and O–H groups in total. The SMILES string of the molecule is CC/C=C\C/C=C\C/C=C\C/C=C\C/C=C\CCCCCCCCCC(=O)NC(COP(=O)(O)OCC[N+](C)(C)C)C(O)/C=C/CC/C=C/CCCCCCCCC. The summed E-state index contributed by atoms with van der Waals surface area (Å²) in [5.41, 5.74) is 0. The third-order valence-electron chi connectivity index (χ3n) is 9.60. The number of hydrogen-bond donors (Lipinski definition) is 3. The van der Waals surface area contributed by atoms with Crippen LogP contribution in [0.5, 0.6) is 0 Å². The minimum absolute atomic E-state index is 0.0491. The Hall–Kier alpha value is -2.32. The Morgan fingerprint density at radius 1 is 0.603 bits per heavy atom. The maximum Gasteiger partial charge on any atom is 0.472 e. The number of aliphatic hydroxyl groups excluding tert-OH is 1. The molecule has 0 saturated carbocycles. The molecule has 0 aromatic rings. The van der Waals surface area contributed by atoms with Gasteiger partial charge in [-0.15, -0.1) is 0 Å². The maximum absolute atomic E-state index is 12.9. The van der Waals surface area contributed by atoms with Gasteiger partial charge in [0.05, 0.1) is 39.9 Å². The van der Waals surface area contributed by atoms with Crippen molar-refractivity contribution in [1.29, 1.82) is 0 Å². The molecule has 0 aliphatic rings. The van der Waals surface area contributed by atoms with Gasteiger partial charge in [-0.2, -0.15) is 0 Å². The largest absolute Gasteiger partial charge is 0.472 e. The average Bonchev–Trinajstić information content (AvgIpc) is 3.17. The van der Waals surface area contributed by atoms with Crippen molar-refractivity contribution in [3.8, 4) is 0 Å². The minimum atomic E-state index is -4.35. The monoisotopic (exact) mass is 832 g/mol. The third-order valence-corrected chi connectivity index (χ3v) is 10.6. The highest BCUT2D eigenvalue weighted by Gasteiger charge is 2.27. The number of nitrogens with zero attached hydrogens (tertiary/aromatic N) is 1. The first-order chi connectivity index (χ1) is 28.0. The van der Waals surface area contributed by atoms with Gasteiger partial charge in [-0.25, -0.2) is 4.57 Å². The number of aliphatic hydroxyl groups is 1. The Kier molecular flexibility index (Phi) is 38.5. The second-order valence-electron chi connectivity index (χ2n) is 16.4. The lowest BCUT2D eigenvalue weighted by atomic mass is 10.1. The number of quaternary nitrogens is 1. The number of carbonyl (C=O) groups excluding carboxylic acids is 1. The lowest BCUT2D eigenvalue weighted by Crippen LogP contribution is -2.45. The fraction of sp³-hybridized carbons (Fsp3) is 0.694. The summed E-state index contributed by atoms with van der Waals surface area (Å²) < 4.78 is 23.5. The van der Waals surface area contributed by atoms with Crippen LogP contribution in [0.2, 0.25) is 0 Å². The number of phosphoric ester groups is 1. The molecule has 0 heterocycles. The van der Waals surface area contributed by atoms with Crippen molar-refractivity contribution in [2.24, 2.45) is 0 Å². The molecule has 0 aromatic heterocycles. The normalized spacial score (nSPS) is 15.1. The summed E-state index contributed by atoms with van der Waals surface area (Å²) in [4.78, 5) is 23.1. The number of unbranched alkanes of at least 4 members (excludes halogenated alkanes) is 15. The first kappa shape index (κ1) is 55.7. The van der Waals surface area contributed by atoms with E-state index < -0.39 is 20.0 Å². The summed E-state index contributed by atoms with van der Waals surface area (Å²) in [5, 5.41) is 13.8. The molecule has 9 heteroatoms.